The van der Waals surface area contributed by atoms with Crippen molar-refractivity contribution < 1.29 is 4.79 Å². The first-order valence-corrected chi connectivity index (χ1v) is 19.4. The number of urea groups is 1. The van der Waals surface area contributed by atoms with E-state index in [0.717, 1.165) is 35.8 Å². The number of benzene rings is 5. The Morgan fingerprint density at radius 3 is 1.72 bits per heavy atom. The normalized spacial score (nSPS) is 16.4. The molecule has 3 nitrogen and oxygen atoms in total. The molecule has 1 aliphatic heterocycles. The van der Waals surface area contributed by atoms with Gasteiger partial charge in [0.25, 0.3) is 0 Å². The number of carbonyl (C=O) groups is 1. The molecule has 238 valence electrons. The third-order valence-electron chi connectivity index (χ3n) is 9.11. The van der Waals surface area contributed by atoms with Crippen LogP contribution in [-0.2, 0) is 5.54 Å². The van der Waals surface area contributed by atoms with Gasteiger partial charge < -0.3 is 10.2 Å². The number of likely N-dealkylation sites (tertiary alicyclic amines) is 1. The molecular formula is C42H44N2OP2. The largest absolute Gasteiger partial charge is 0.329 e. The summed E-state index contributed by atoms with van der Waals surface area (Å²) in [5.41, 5.74) is 2.96. The van der Waals surface area contributed by atoms with Crippen molar-refractivity contribution in [2.45, 2.75) is 44.4 Å². The Morgan fingerprint density at radius 2 is 1.23 bits per heavy atom. The lowest BCUT2D eigenvalue weighted by Gasteiger charge is -2.34. The highest BCUT2D eigenvalue weighted by Crippen LogP contribution is 2.48. The predicted octanol–water partition coefficient (Wildman–Crippen LogP) is 8.37. The number of nitrogens with zero attached hydrogens (tertiary/aromatic N) is 1. The van der Waals surface area contributed by atoms with Crippen molar-refractivity contribution in [3.8, 4) is 0 Å². The van der Waals surface area contributed by atoms with Crippen LogP contribution in [-0.4, -0.2) is 35.3 Å². The molecule has 5 aromatic rings. The van der Waals surface area contributed by atoms with Gasteiger partial charge in [0, 0.05) is 18.2 Å². The number of rotatable bonds is 10. The monoisotopic (exact) mass is 654 g/mol. The average Bonchev–Trinajstić information content (AvgIpc) is 3.52. The van der Waals surface area contributed by atoms with E-state index >= 15 is 0 Å². The van der Waals surface area contributed by atoms with Crippen molar-refractivity contribution in [2.75, 3.05) is 12.7 Å². The molecule has 0 radical (unpaired) electrons. The van der Waals surface area contributed by atoms with Crippen molar-refractivity contribution in [3.63, 3.8) is 0 Å². The van der Waals surface area contributed by atoms with Crippen LogP contribution in [0.15, 0.2) is 152 Å². The van der Waals surface area contributed by atoms with E-state index in [4.69, 9.17) is 0 Å². The topological polar surface area (TPSA) is 32.3 Å². The van der Waals surface area contributed by atoms with E-state index in [2.05, 4.69) is 176 Å². The molecule has 0 unspecified atom stereocenters. The van der Waals surface area contributed by atoms with Crippen LogP contribution in [0.2, 0.25) is 0 Å². The molecule has 1 N–H and O–H groups in total. The third kappa shape index (κ3) is 7.76. The second-order valence-corrected chi connectivity index (χ2v) is 17.7. The van der Waals surface area contributed by atoms with Crippen molar-refractivity contribution in [1.29, 1.82) is 0 Å². The van der Waals surface area contributed by atoms with Gasteiger partial charge in [-0.3, -0.25) is 0 Å². The third-order valence-corrected chi connectivity index (χ3v) is 14.6. The summed E-state index contributed by atoms with van der Waals surface area (Å²) in [6, 6.07) is 52.1. The maximum atomic E-state index is 14.6. The number of hydrogen-bond donors (Lipinski definition) is 1. The predicted molar refractivity (Wildman–Crippen MR) is 205 cm³/mol. The van der Waals surface area contributed by atoms with Gasteiger partial charge in [-0.2, -0.15) is 0 Å². The maximum absolute atomic E-state index is 14.6. The highest BCUT2D eigenvalue weighted by molar-refractivity contribution is 7.74. The van der Waals surface area contributed by atoms with Crippen LogP contribution in [0.5, 0.6) is 0 Å². The summed E-state index contributed by atoms with van der Waals surface area (Å²) in [5.74, 6) is 0. The summed E-state index contributed by atoms with van der Waals surface area (Å²) < 4.78 is 0. The standard InChI is InChI=1S/C42H44N2OP2/c1-32(2)33-18-17-19-34(28-33)42(3,4)43-41(45)44-30-40(47(38-24-13-7-14-25-38)39-26-15-8-16-27-39)29-35(44)31-46(36-20-9-5-10-21-36)37-22-11-6-12-23-37/h5-28,35,40H,1,29-31H2,2-4H3,(H,43,45)/t35-,40-/m0/s1. The summed E-state index contributed by atoms with van der Waals surface area (Å²) in [5, 5.41) is 8.91. The highest BCUT2D eigenvalue weighted by atomic mass is 31.1. The molecule has 0 aromatic heterocycles. The van der Waals surface area contributed by atoms with E-state index in [0.29, 0.717) is 5.66 Å². The summed E-state index contributed by atoms with van der Waals surface area (Å²) >= 11 is 0. The van der Waals surface area contributed by atoms with E-state index < -0.39 is 21.4 Å². The average molecular weight is 655 g/mol. The van der Waals surface area contributed by atoms with Crippen LogP contribution in [0.3, 0.4) is 0 Å². The fraction of sp³-hybridized carbons (Fsp3) is 0.214. The molecule has 0 saturated carbocycles. The second-order valence-electron chi connectivity index (χ2n) is 12.9. The molecule has 2 amide bonds. The number of allylic oxidation sites excluding steroid dienone is 1. The van der Waals surface area contributed by atoms with Crippen molar-refractivity contribution >= 4 is 48.7 Å². The van der Waals surface area contributed by atoms with Crippen LogP contribution in [0.4, 0.5) is 4.79 Å². The van der Waals surface area contributed by atoms with E-state index in [1.54, 1.807) is 0 Å². The lowest BCUT2D eigenvalue weighted by Crippen LogP contribution is -2.51. The fourth-order valence-electron chi connectivity index (χ4n) is 6.62. The Hall–Kier alpha value is -4.03. The quantitative estimate of drug-likeness (QED) is 0.151. The molecule has 6 rings (SSSR count). The highest BCUT2D eigenvalue weighted by Gasteiger charge is 2.42. The molecule has 47 heavy (non-hydrogen) atoms. The van der Waals surface area contributed by atoms with Crippen molar-refractivity contribution in [1.82, 2.24) is 10.2 Å². The summed E-state index contributed by atoms with van der Waals surface area (Å²) in [7, 11) is -1.35. The molecule has 0 aliphatic carbocycles. The van der Waals surface area contributed by atoms with Gasteiger partial charge in [-0.15, -0.1) is 0 Å². The Balaban J connectivity index is 1.37. The fourth-order valence-corrected chi connectivity index (χ4v) is 12.1. The molecular weight excluding hydrogens is 610 g/mol. The number of amides is 2. The van der Waals surface area contributed by atoms with Crippen molar-refractivity contribution in [2.24, 2.45) is 0 Å². The van der Waals surface area contributed by atoms with Gasteiger partial charge in [0.15, 0.2) is 0 Å². The van der Waals surface area contributed by atoms with Gasteiger partial charge in [0.1, 0.15) is 0 Å². The van der Waals surface area contributed by atoms with Crippen LogP contribution in [0.1, 0.15) is 38.3 Å². The molecule has 2 atom stereocenters. The first-order chi connectivity index (χ1) is 22.8. The van der Waals surface area contributed by atoms with Gasteiger partial charge >= 0.3 is 6.03 Å². The molecule has 1 aliphatic rings. The van der Waals surface area contributed by atoms with Crippen LogP contribution in [0.25, 0.3) is 5.57 Å². The summed E-state index contributed by atoms with van der Waals surface area (Å²) in [6.07, 6.45) is 1.89. The Bertz CT molecular complexity index is 1700. The molecule has 1 fully saturated rings. The van der Waals surface area contributed by atoms with Crippen molar-refractivity contribution in [3.05, 3.63) is 163 Å². The van der Waals surface area contributed by atoms with Crippen LogP contribution < -0.4 is 26.5 Å². The molecule has 5 heteroatoms. The summed E-state index contributed by atoms with van der Waals surface area (Å²) in [6.45, 7) is 11.1. The Morgan fingerprint density at radius 1 is 0.745 bits per heavy atom. The minimum atomic E-state index is -0.676. The minimum Gasteiger partial charge on any atom is -0.329 e. The van der Waals surface area contributed by atoms with Gasteiger partial charge in [-0.05, 0) is 87.6 Å². The lowest BCUT2D eigenvalue weighted by molar-refractivity contribution is 0.185. The Labute approximate surface area is 283 Å². The van der Waals surface area contributed by atoms with Gasteiger partial charge in [-0.25, -0.2) is 4.79 Å². The Kier molecular flexibility index (Phi) is 10.4. The number of carbonyl (C=O) groups excluding carboxylic acids is 1. The molecule has 1 heterocycles. The number of hydrogen-bond acceptors (Lipinski definition) is 1. The molecule has 0 bridgehead atoms. The smallest absolute Gasteiger partial charge is 0.318 e. The lowest BCUT2D eigenvalue weighted by atomic mass is 9.92. The van der Waals surface area contributed by atoms with E-state index in [9.17, 15) is 4.79 Å². The second kappa shape index (κ2) is 14.8. The van der Waals surface area contributed by atoms with Crippen LogP contribution >= 0.6 is 15.8 Å². The van der Waals surface area contributed by atoms with E-state index in [1.165, 1.54) is 21.2 Å². The first-order valence-electron chi connectivity index (χ1n) is 16.4. The maximum Gasteiger partial charge on any atom is 0.318 e. The van der Waals surface area contributed by atoms with Gasteiger partial charge in [-0.1, -0.05) is 152 Å². The SMILES string of the molecule is C=C(C)c1cccc(C(C)(C)NC(=O)N2C[C@@H](P(c3ccccc3)c3ccccc3)C[C@H]2CP(c2ccccc2)c2ccccc2)c1. The minimum absolute atomic E-state index is 0.00961. The molecule has 5 aromatic carbocycles. The zero-order valence-electron chi connectivity index (χ0n) is 27.6. The van der Waals surface area contributed by atoms with Gasteiger partial charge in [0.2, 0.25) is 0 Å². The number of nitrogens with one attached hydrogen (secondary N) is 1. The van der Waals surface area contributed by atoms with E-state index in [-0.39, 0.29) is 12.1 Å². The van der Waals surface area contributed by atoms with Crippen LogP contribution in [0, 0.1) is 0 Å². The zero-order chi connectivity index (χ0) is 32.8. The molecule has 0 spiro atoms. The van der Waals surface area contributed by atoms with E-state index in [1.807, 2.05) is 6.92 Å². The molecule has 1 saturated heterocycles. The van der Waals surface area contributed by atoms with Gasteiger partial charge in [0.05, 0.1) is 5.54 Å². The summed E-state index contributed by atoms with van der Waals surface area (Å²) in [4.78, 5) is 16.7. The zero-order valence-corrected chi connectivity index (χ0v) is 29.4. The first kappa shape index (κ1) is 32.9.